The lowest BCUT2D eigenvalue weighted by Gasteiger charge is -2.09. The van der Waals surface area contributed by atoms with Crippen LogP contribution in [-0.4, -0.2) is 23.4 Å². The van der Waals surface area contributed by atoms with Crippen molar-refractivity contribution >= 4 is 29.1 Å². The normalized spacial score (nSPS) is 19.8. The van der Waals surface area contributed by atoms with Gasteiger partial charge in [0.2, 0.25) is 5.91 Å². The maximum atomic E-state index is 11.6. The smallest absolute Gasteiger partial charge is 0.226 e. The van der Waals surface area contributed by atoms with E-state index in [9.17, 15) is 4.79 Å². The molecule has 0 saturated heterocycles. The average molecular weight is 316 g/mol. The topological polar surface area (TPSA) is 38.3 Å². The molecule has 1 amide bonds. The predicted octanol–water partition coefficient (Wildman–Crippen LogP) is 3.50. The number of halogens is 2. The molecule has 1 aromatic carbocycles. The van der Waals surface area contributed by atoms with Gasteiger partial charge in [0.15, 0.2) is 0 Å². The van der Waals surface area contributed by atoms with Crippen LogP contribution < -0.4 is 10.1 Å². The molecule has 0 bridgehead atoms. The highest BCUT2D eigenvalue weighted by molar-refractivity contribution is 6.52. The quantitative estimate of drug-likeness (QED) is 0.644. The number of alkyl halides is 2. The van der Waals surface area contributed by atoms with E-state index >= 15 is 0 Å². The Bertz CT molecular complexity index is 471. The van der Waals surface area contributed by atoms with Gasteiger partial charge in [0.25, 0.3) is 0 Å². The number of amides is 1. The van der Waals surface area contributed by atoms with E-state index in [0.717, 1.165) is 5.75 Å². The Morgan fingerprint density at radius 1 is 1.40 bits per heavy atom. The first kappa shape index (κ1) is 15.5. The Morgan fingerprint density at radius 2 is 2.00 bits per heavy atom. The van der Waals surface area contributed by atoms with Gasteiger partial charge in [-0.15, -0.1) is 23.2 Å². The van der Waals surface area contributed by atoms with Crippen LogP contribution in [0.15, 0.2) is 24.3 Å². The fourth-order valence-corrected chi connectivity index (χ4v) is 2.42. The molecule has 0 aliphatic heterocycles. The van der Waals surface area contributed by atoms with Crippen LogP contribution in [0.1, 0.15) is 31.7 Å². The molecule has 0 spiro atoms. The Kier molecular flexibility index (Phi) is 4.82. The first-order chi connectivity index (χ1) is 9.40. The summed E-state index contributed by atoms with van der Waals surface area (Å²) < 4.78 is 4.70. The van der Waals surface area contributed by atoms with Gasteiger partial charge in [0, 0.05) is 0 Å². The Balaban J connectivity index is 1.67. The van der Waals surface area contributed by atoms with Crippen LogP contribution in [0.5, 0.6) is 5.75 Å². The number of hydrogen-bond donors (Lipinski definition) is 1. The molecule has 1 aliphatic rings. The number of nitrogens with one attached hydrogen (secondary N) is 1. The van der Waals surface area contributed by atoms with Crippen molar-refractivity contribution in [1.29, 1.82) is 0 Å². The van der Waals surface area contributed by atoms with Gasteiger partial charge in [-0.05, 0) is 30.0 Å². The summed E-state index contributed by atoms with van der Waals surface area (Å²) >= 11 is 11.6. The van der Waals surface area contributed by atoms with Gasteiger partial charge in [-0.3, -0.25) is 4.79 Å². The molecule has 1 N–H and O–H groups in total. The van der Waals surface area contributed by atoms with Crippen LogP contribution in [0.3, 0.4) is 0 Å². The highest BCUT2D eigenvalue weighted by atomic mass is 35.5. The Hall–Kier alpha value is -0.930. The summed E-state index contributed by atoms with van der Waals surface area (Å²) in [7, 11) is 0. The van der Waals surface area contributed by atoms with E-state index in [1.54, 1.807) is 0 Å². The van der Waals surface area contributed by atoms with Gasteiger partial charge in [0.05, 0.1) is 12.5 Å². The van der Waals surface area contributed by atoms with E-state index in [4.69, 9.17) is 27.9 Å². The lowest BCUT2D eigenvalue weighted by molar-refractivity contribution is -0.122. The molecule has 0 heterocycles. The monoisotopic (exact) mass is 315 g/mol. The summed E-state index contributed by atoms with van der Waals surface area (Å²) in [6, 6.07) is 8.00. The second kappa shape index (κ2) is 6.23. The minimum atomic E-state index is -0.863. The van der Waals surface area contributed by atoms with Gasteiger partial charge in [-0.25, -0.2) is 0 Å². The van der Waals surface area contributed by atoms with Crippen LogP contribution in [0.25, 0.3) is 0 Å². The van der Waals surface area contributed by atoms with Gasteiger partial charge in [0.1, 0.15) is 16.7 Å². The first-order valence-corrected chi connectivity index (χ1v) is 7.54. The molecule has 1 unspecified atom stereocenters. The third-order valence-electron chi connectivity index (χ3n) is 3.36. The molecule has 3 nitrogen and oxygen atoms in total. The average Bonchev–Trinajstić information content (AvgIpc) is 3.04. The Morgan fingerprint density at radius 3 is 2.50 bits per heavy atom. The number of carbonyl (C=O) groups is 1. The van der Waals surface area contributed by atoms with Crippen molar-refractivity contribution < 1.29 is 9.53 Å². The second-order valence-corrected chi connectivity index (χ2v) is 6.92. The third kappa shape index (κ3) is 4.03. The van der Waals surface area contributed by atoms with Crippen molar-refractivity contribution in [2.24, 2.45) is 5.92 Å². The van der Waals surface area contributed by atoms with Crippen LogP contribution >= 0.6 is 23.2 Å². The predicted molar refractivity (Wildman–Crippen MR) is 81.6 cm³/mol. The zero-order valence-corrected chi connectivity index (χ0v) is 13.2. The molecule has 2 rings (SSSR count). The fourth-order valence-electron chi connectivity index (χ4n) is 1.91. The highest BCUT2D eigenvalue weighted by Gasteiger charge is 2.56. The molecule has 0 aromatic heterocycles. The van der Waals surface area contributed by atoms with E-state index < -0.39 is 4.33 Å². The minimum absolute atomic E-state index is 0.103. The molecule has 1 aliphatic carbocycles. The third-order valence-corrected chi connectivity index (χ3v) is 4.19. The minimum Gasteiger partial charge on any atom is -0.492 e. The lowest BCUT2D eigenvalue weighted by atomic mass is 10.0. The molecular weight excluding hydrogens is 297 g/mol. The summed E-state index contributed by atoms with van der Waals surface area (Å²) in [5, 5.41) is 2.77. The molecule has 110 valence electrons. The van der Waals surface area contributed by atoms with Gasteiger partial charge < -0.3 is 10.1 Å². The van der Waals surface area contributed by atoms with Gasteiger partial charge in [-0.1, -0.05) is 26.0 Å². The standard InChI is InChI=1S/C15H19Cl2NO2/c1-10(2)11-3-5-12(6-4-11)20-8-7-18-14(19)13-9-15(13,16)17/h3-6,10,13H,7-9H2,1-2H3,(H,18,19). The number of hydrogen-bond acceptors (Lipinski definition) is 2. The molecular formula is C15H19Cl2NO2. The summed E-state index contributed by atoms with van der Waals surface area (Å²) in [4.78, 5) is 11.6. The summed E-state index contributed by atoms with van der Waals surface area (Å²) in [6.07, 6.45) is 0.527. The lowest BCUT2D eigenvalue weighted by Crippen LogP contribution is -2.30. The fraction of sp³-hybridized carbons (Fsp3) is 0.533. The maximum Gasteiger partial charge on any atom is 0.226 e. The van der Waals surface area contributed by atoms with Crippen molar-refractivity contribution in [3.63, 3.8) is 0 Å². The summed E-state index contributed by atoms with van der Waals surface area (Å²) in [6.45, 7) is 5.18. The summed E-state index contributed by atoms with van der Waals surface area (Å²) in [5.74, 6) is 0.928. The van der Waals surface area contributed by atoms with E-state index in [1.807, 2.05) is 12.1 Å². The van der Waals surface area contributed by atoms with Crippen LogP contribution in [0.2, 0.25) is 0 Å². The zero-order valence-electron chi connectivity index (χ0n) is 11.7. The van der Waals surface area contributed by atoms with Crippen LogP contribution in [0, 0.1) is 5.92 Å². The first-order valence-electron chi connectivity index (χ1n) is 6.78. The van der Waals surface area contributed by atoms with Crippen LogP contribution in [0.4, 0.5) is 0 Å². The molecule has 1 saturated carbocycles. The molecule has 20 heavy (non-hydrogen) atoms. The highest BCUT2D eigenvalue weighted by Crippen LogP contribution is 2.53. The van der Waals surface area contributed by atoms with E-state index in [1.165, 1.54) is 5.56 Å². The van der Waals surface area contributed by atoms with Crippen molar-refractivity contribution in [2.75, 3.05) is 13.2 Å². The molecule has 1 atom stereocenters. The van der Waals surface area contributed by atoms with Crippen molar-refractivity contribution in [3.8, 4) is 5.75 Å². The molecule has 1 fully saturated rings. The zero-order chi connectivity index (χ0) is 14.8. The van der Waals surface area contributed by atoms with E-state index in [-0.39, 0.29) is 11.8 Å². The molecule has 1 aromatic rings. The SMILES string of the molecule is CC(C)c1ccc(OCCNC(=O)C2CC2(Cl)Cl)cc1. The van der Waals surface area contributed by atoms with Crippen LogP contribution in [-0.2, 0) is 4.79 Å². The van der Waals surface area contributed by atoms with Gasteiger partial charge >= 0.3 is 0 Å². The van der Waals surface area contributed by atoms with Crippen molar-refractivity contribution in [3.05, 3.63) is 29.8 Å². The van der Waals surface area contributed by atoms with Crippen molar-refractivity contribution in [2.45, 2.75) is 30.5 Å². The number of carbonyl (C=O) groups excluding carboxylic acids is 1. The summed E-state index contributed by atoms with van der Waals surface area (Å²) in [5.41, 5.74) is 1.28. The Labute approximate surface area is 129 Å². The van der Waals surface area contributed by atoms with E-state index in [2.05, 4.69) is 31.3 Å². The number of ether oxygens (including phenoxy) is 1. The number of rotatable bonds is 6. The molecule has 0 radical (unpaired) electrons. The number of benzene rings is 1. The van der Waals surface area contributed by atoms with Crippen molar-refractivity contribution in [1.82, 2.24) is 5.32 Å². The second-order valence-electron chi connectivity index (χ2n) is 5.38. The van der Waals surface area contributed by atoms with E-state index in [0.29, 0.717) is 25.5 Å². The molecule has 5 heteroatoms. The largest absolute Gasteiger partial charge is 0.492 e. The van der Waals surface area contributed by atoms with Gasteiger partial charge in [-0.2, -0.15) is 0 Å². The maximum absolute atomic E-state index is 11.6.